The van der Waals surface area contributed by atoms with Gasteiger partial charge in [0.15, 0.2) is 6.61 Å². The number of carbonyl (C=O) groups excluding carboxylic acids is 3. The zero-order chi connectivity index (χ0) is 23.8. The molecule has 0 aromatic heterocycles. The fourth-order valence-electron chi connectivity index (χ4n) is 2.60. The van der Waals surface area contributed by atoms with Gasteiger partial charge in [-0.15, -0.1) is 0 Å². The summed E-state index contributed by atoms with van der Waals surface area (Å²) in [5.41, 5.74) is 4.52. The van der Waals surface area contributed by atoms with Gasteiger partial charge < -0.3 is 4.74 Å². The van der Waals surface area contributed by atoms with Crippen LogP contribution in [-0.2, 0) is 19.6 Å². The monoisotopic (exact) mass is 487 g/mol. The first kappa shape index (κ1) is 23.8. The van der Waals surface area contributed by atoms with Crippen LogP contribution in [-0.4, -0.2) is 32.8 Å². The molecule has 3 aromatic carbocycles. The summed E-state index contributed by atoms with van der Waals surface area (Å²) in [4.78, 5) is 36.2. The molecule has 0 spiro atoms. The zero-order valence-electron chi connectivity index (χ0n) is 16.9. The average molecular weight is 488 g/mol. The number of halogens is 1. The summed E-state index contributed by atoms with van der Waals surface area (Å²) < 4.78 is 32.5. The zero-order valence-corrected chi connectivity index (χ0v) is 18.5. The van der Waals surface area contributed by atoms with Gasteiger partial charge in [0.1, 0.15) is 0 Å². The highest BCUT2D eigenvalue weighted by Crippen LogP contribution is 2.22. The highest BCUT2D eigenvalue weighted by Gasteiger charge is 2.20. The molecule has 9 nitrogen and oxygen atoms in total. The third-order valence-electron chi connectivity index (χ3n) is 4.20. The Morgan fingerprint density at radius 1 is 0.818 bits per heavy atom. The largest absolute Gasteiger partial charge is 0.452 e. The van der Waals surface area contributed by atoms with Crippen LogP contribution < -0.4 is 15.6 Å². The van der Waals surface area contributed by atoms with E-state index in [0.717, 1.165) is 0 Å². The summed E-state index contributed by atoms with van der Waals surface area (Å²) >= 11 is 5.79. The summed E-state index contributed by atoms with van der Waals surface area (Å²) in [5.74, 6) is -2.27. The molecule has 33 heavy (non-hydrogen) atoms. The van der Waals surface area contributed by atoms with Crippen molar-refractivity contribution in [1.29, 1.82) is 0 Å². The fraction of sp³-hybridized carbons (Fsp3) is 0.0455. The van der Waals surface area contributed by atoms with Gasteiger partial charge in [-0.1, -0.05) is 41.9 Å². The third kappa shape index (κ3) is 6.55. The molecular weight excluding hydrogens is 470 g/mol. The summed E-state index contributed by atoms with van der Waals surface area (Å²) in [5, 5.41) is 0.371. The third-order valence-corrected chi connectivity index (χ3v) is 5.83. The lowest BCUT2D eigenvalue weighted by molar-refractivity contribution is -0.125. The molecular formula is C22H18ClN3O6S. The van der Waals surface area contributed by atoms with E-state index in [0.29, 0.717) is 10.6 Å². The molecule has 0 bridgehead atoms. The smallest absolute Gasteiger partial charge is 0.340 e. The standard InChI is InChI=1S/C22H18ClN3O6S/c23-16-10-12-17(13-11-16)33(30,31)26-19-9-5-4-8-18(19)22(29)32-14-20(27)24-25-21(28)15-6-2-1-3-7-15/h1-13,26H,14H2,(H,24,27)(H,25,28). The van der Waals surface area contributed by atoms with Crippen molar-refractivity contribution in [2.24, 2.45) is 0 Å². The molecule has 0 atom stereocenters. The van der Waals surface area contributed by atoms with E-state index in [1.54, 1.807) is 30.3 Å². The molecule has 0 aliphatic heterocycles. The lowest BCUT2D eigenvalue weighted by atomic mass is 10.2. The van der Waals surface area contributed by atoms with E-state index in [9.17, 15) is 22.8 Å². The number of benzene rings is 3. The van der Waals surface area contributed by atoms with Gasteiger partial charge in [-0.05, 0) is 48.5 Å². The molecule has 0 saturated carbocycles. The second-order valence-electron chi connectivity index (χ2n) is 6.55. The normalized spacial score (nSPS) is 10.7. The van der Waals surface area contributed by atoms with E-state index in [2.05, 4.69) is 15.6 Å². The first-order valence-electron chi connectivity index (χ1n) is 9.45. The van der Waals surface area contributed by atoms with Gasteiger partial charge in [-0.2, -0.15) is 0 Å². The first-order chi connectivity index (χ1) is 15.8. The van der Waals surface area contributed by atoms with Gasteiger partial charge >= 0.3 is 5.97 Å². The molecule has 0 aliphatic carbocycles. The lowest BCUT2D eigenvalue weighted by Gasteiger charge is -2.12. The number of rotatable bonds is 7. The van der Waals surface area contributed by atoms with Crippen LogP contribution in [0.1, 0.15) is 20.7 Å². The van der Waals surface area contributed by atoms with E-state index in [4.69, 9.17) is 16.3 Å². The van der Waals surface area contributed by atoms with Crippen LogP contribution in [0.4, 0.5) is 5.69 Å². The first-order valence-corrected chi connectivity index (χ1v) is 11.3. The number of esters is 1. The number of amides is 2. The quantitative estimate of drug-likeness (QED) is 0.347. The van der Waals surface area contributed by atoms with E-state index < -0.39 is 34.4 Å². The lowest BCUT2D eigenvalue weighted by Crippen LogP contribution is -2.43. The summed E-state index contributed by atoms with van der Waals surface area (Å²) in [7, 11) is -4.01. The van der Waals surface area contributed by atoms with Gasteiger partial charge in [0, 0.05) is 10.6 Å². The van der Waals surface area contributed by atoms with Crippen molar-refractivity contribution in [2.45, 2.75) is 4.90 Å². The Morgan fingerprint density at radius 2 is 1.45 bits per heavy atom. The average Bonchev–Trinajstić information content (AvgIpc) is 2.82. The van der Waals surface area contributed by atoms with Crippen molar-refractivity contribution in [3.63, 3.8) is 0 Å². The van der Waals surface area contributed by atoms with Gasteiger partial charge in [0.25, 0.3) is 21.8 Å². The van der Waals surface area contributed by atoms with Gasteiger partial charge in [-0.3, -0.25) is 25.2 Å². The van der Waals surface area contributed by atoms with Crippen LogP contribution in [0, 0.1) is 0 Å². The van der Waals surface area contributed by atoms with E-state index in [1.165, 1.54) is 48.5 Å². The topological polar surface area (TPSA) is 131 Å². The number of hydrogen-bond acceptors (Lipinski definition) is 6. The molecule has 3 rings (SSSR count). The minimum Gasteiger partial charge on any atom is -0.452 e. The Labute approximate surface area is 194 Å². The molecule has 0 unspecified atom stereocenters. The molecule has 0 aliphatic rings. The number of ether oxygens (including phenoxy) is 1. The summed E-state index contributed by atoms with van der Waals surface area (Å²) in [6, 6.07) is 19.4. The van der Waals surface area contributed by atoms with Crippen LogP contribution in [0.2, 0.25) is 5.02 Å². The van der Waals surface area contributed by atoms with Crippen LogP contribution in [0.3, 0.4) is 0 Å². The molecule has 2 amide bonds. The maximum Gasteiger partial charge on any atom is 0.340 e. The minimum atomic E-state index is -4.01. The van der Waals surface area contributed by atoms with Crippen molar-refractivity contribution >= 4 is 45.1 Å². The van der Waals surface area contributed by atoms with Crippen molar-refractivity contribution in [3.05, 3.63) is 95.0 Å². The molecule has 0 heterocycles. The van der Waals surface area contributed by atoms with Gasteiger partial charge in [0.2, 0.25) is 0 Å². The predicted molar refractivity (Wildman–Crippen MR) is 121 cm³/mol. The highest BCUT2D eigenvalue weighted by molar-refractivity contribution is 7.92. The van der Waals surface area contributed by atoms with Crippen molar-refractivity contribution in [2.75, 3.05) is 11.3 Å². The maximum atomic E-state index is 12.6. The number of nitrogens with one attached hydrogen (secondary N) is 3. The summed E-state index contributed by atoms with van der Waals surface area (Å²) in [6.07, 6.45) is 0. The van der Waals surface area contributed by atoms with Crippen LogP contribution in [0.15, 0.2) is 83.8 Å². The second-order valence-corrected chi connectivity index (χ2v) is 8.67. The van der Waals surface area contributed by atoms with E-state index in [1.807, 2.05) is 0 Å². The van der Waals surface area contributed by atoms with Crippen LogP contribution in [0.25, 0.3) is 0 Å². The van der Waals surface area contributed by atoms with Gasteiger partial charge in [-0.25, -0.2) is 13.2 Å². The van der Waals surface area contributed by atoms with E-state index in [-0.39, 0.29) is 16.1 Å². The Bertz CT molecular complexity index is 1260. The summed E-state index contributed by atoms with van der Waals surface area (Å²) in [6.45, 7) is -0.702. The minimum absolute atomic E-state index is 0.0322. The Kier molecular flexibility index (Phi) is 7.65. The van der Waals surface area contributed by atoms with Crippen molar-refractivity contribution in [3.8, 4) is 0 Å². The molecule has 0 radical (unpaired) electrons. The maximum absolute atomic E-state index is 12.6. The molecule has 3 N–H and O–H groups in total. The predicted octanol–water partition coefficient (Wildman–Crippen LogP) is 2.76. The Hall–Kier alpha value is -3.89. The SMILES string of the molecule is O=C(COC(=O)c1ccccc1NS(=O)(=O)c1ccc(Cl)cc1)NNC(=O)c1ccccc1. The van der Waals surface area contributed by atoms with E-state index >= 15 is 0 Å². The second kappa shape index (κ2) is 10.6. The molecule has 11 heteroatoms. The van der Waals surface area contributed by atoms with Gasteiger partial charge in [0.05, 0.1) is 16.1 Å². The number of anilines is 1. The highest BCUT2D eigenvalue weighted by atomic mass is 35.5. The Balaban J connectivity index is 1.60. The molecule has 0 saturated heterocycles. The van der Waals surface area contributed by atoms with Crippen molar-refractivity contribution in [1.82, 2.24) is 10.9 Å². The molecule has 3 aromatic rings. The number of hydrogen-bond donors (Lipinski definition) is 3. The van der Waals surface area contributed by atoms with Crippen LogP contribution in [0.5, 0.6) is 0 Å². The molecule has 170 valence electrons. The van der Waals surface area contributed by atoms with Crippen LogP contribution >= 0.6 is 11.6 Å². The van der Waals surface area contributed by atoms with Crippen molar-refractivity contribution < 1.29 is 27.5 Å². The fourth-order valence-corrected chi connectivity index (χ4v) is 3.81. The number of sulfonamides is 1. The number of para-hydroxylation sites is 1. The number of carbonyl (C=O) groups is 3. The molecule has 0 fully saturated rings. The number of hydrazine groups is 1. The Morgan fingerprint density at radius 3 is 2.15 bits per heavy atom.